The van der Waals surface area contributed by atoms with Gasteiger partial charge >= 0.3 is 0 Å². The minimum absolute atomic E-state index is 0.0469. The number of aromatic nitrogens is 2. The van der Waals surface area contributed by atoms with Gasteiger partial charge in [0.25, 0.3) is 0 Å². The number of sulfonamides is 1. The first-order chi connectivity index (χ1) is 17.2. The van der Waals surface area contributed by atoms with Gasteiger partial charge in [0.05, 0.1) is 16.3 Å². The van der Waals surface area contributed by atoms with Crippen molar-refractivity contribution in [2.75, 3.05) is 44.2 Å². The molecule has 1 fully saturated rings. The summed E-state index contributed by atoms with van der Waals surface area (Å²) >= 11 is 0. The Balaban J connectivity index is 1.78. The highest BCUT2D eigenvalue weighted by molar-refractivity contribution is 7.89. The van der Waals surface area contributed by atoms with Crippen molar-refractivity contribution in [3.63, 3.8) is 0 Å². The van der Waals surface area contributed by atoms with Gasteiger partial charge in [-0.25, -0.2) is 21.9 Å². The maximum atomic E-state index is 14.1. The molecule has 2 heterocycles. The molecule has 1 saturated heterocycles. The first-order valence-corrected chi connectivity index (χ1v) is 13.8. The zero-order valence-electron chi connectivity index (χ0n) is 21.0. The fourth-order valence-corrected chi connectivity index (χ4v) is 6.09. The van der Waals surface area contributed by atoms with Gasteiger partial charge in [0.2, 0.25) is 10.0 Å². The number of halogens is 2. The Kier molecular flexibility index (Phi) is 8.07. The van der Waals surface area contributed by atoms with Crippen LogP contribution in [0, 0.1) is 18.6 Å². The third-order valence-electron chi connectivity index (χ3n) is 6.59. The fourth-order valence-electron chi connectivity index (χ4n) is 4.59. The zero-order chi connectivity index (χ0) is 25.9. The Hall–Kier alpha value is -2.82. The number of rotatable bonds is 9. The van der Waals surface area contributed by atoms with Crippen LogP contribution in [0.4, 0.5) is 14.6 Å². The summed E-state index contributed by atoms with van der Waals surface area (Å²) in [5.41, 5.74) is 2.05. The highest BCUT2D eigenvalue weighted by Gasteiger charge is 2.30. The third kappa shape index (κ3) is 5.45. The molecular weight excluding hydrogens is 484 g/mol. The Bertz CT molecular complexity index is 1290. The quantitative estimate of drug-likeness (QED) is 0.426. The number of aryl methyl sites for hydroxylation is 1. The average Bonchev–Trinajstić information content (AvgIpc) is 3.20. The van der Waals surface area contributed by atoms with E-state index in [4.69, 9.17) is 5.10 Å². The molecule has 0 aliphatic carbocycles. The maximum absolute atomic E-state index is 14.1. The SMILES string of the molecule is CCCN(Cc1c(C)nn(-c2cccc(F)c2)c1N1CCN(CC)CC1)S(=O)(=O)c1ccc(F)cc1. The standard InChI is InChI=1S/C26H33F2N5O2S/c1-4-13-32(36(34,35)24-11-9-21(27)10-12-24)19-25-20(3)29-33(23-8-6-7-22(28)18-23)26(25)31-16-14-30(5-2)15-17-31/h6-12,18H,4-5,13-17,19H2,1-3H3. The molecule has 1 aromatic heterocycles. The summed E-state index contributed by atoms with van der Waals surface area (Å²) in [6.07, 6.45) is 0.613. The number of benzene rings is 2. The molecule has 0 saturated carbocycles. The van der Waals surface area contributed by atoms with Crippen molar-refractivity contribution in [2.45, 2.75) is 38.6 Å². The van der Waals surface area contributed by atoms with Gasteiger partial charge in [-0.2, -0.15) is 9.40 Å². The van der Waals surface area contributed by atoms with Crippen molar-refractivity contribution < 1.29 is 17.2 Å². The second kappa shape index (κ2) is 11.1. The summed E-state index contributed by atoms with van der Waals surface area (Å²) in [6, 6.07) is 11.2. The second-order valence-electron chi connectivity index (χ2n) is 8.99. The summed E-state index contributed by atoms with van der Waals surface area (Å²) in [5.74, 6) is -0.0728. The Morgan fingerprint density at radius 3 is 2.28 bits per heavy atom. The molecule has 7 nitrogen and oxygen atoms in total. The molecule has 0 spiro atoms. The normalized spacial score (nSPS) is 15.1. The molecule has 0 radical (unpaired) electrons. The van der Waals surface area contributed by atoms with Crippen LogP contribution < -0.4 is 4.90 Å². The van der Waals surface area contributed by atoms with Crippen molar-refractivity contribution in [1.29, 1.82) is 0 Å². The molecule has 0 atom stereocenters. The van der Waals surface area contributed by atoms with E-state index in [9.17, 15) is 17.2 Å². The van der Waals surface area contributed by atoms with Gasteiger partial charge < -0.3 is 9.80 Å². The largest absolute Gasteiger partial charge is 0.354 e. The number of hydrogen-bond acceptors (Lipinski definition) is 5. The smallest absolute Gasteiger partial charge is 0.243 e. The Morgan fingerprint density at radius 2 is 1.67 bits per heavy atom. The van der Waals surface area contributed by atoms with Gasteiger partial charge in [-0.1, -0.05) is 19.9 Å². The molecule has 2 aromatic carbocycles. The highest BCUT2D eigenvalue weighted by Crippen LogP contribution is 2.31. The summed E-state index contributed by atoms with van der Waals surface area (Å²) in [5, 5.41) is 4.74. The second-order valence-corrected chi connectivity index (χ2v) is 10.9. The molecule has 1 aliphatic heterocycles. The molecule has 194 valence electrons. The van der Waals surface area contributed by atoms with Crippen LogP contribution in [0.1, 0.15) is 31.5 Å². The zero-order valence-corrected chi connectivity index (χ0v) is 21.8. The summed E-state index contributed by atoms with van der Waals surface area (Å²) in [6.45, 7) is 10.5. The lowest BCUT2D eigenvalue weighted by Gasteiger charge is -2.36. The van der Waals surface area contributed by atoms with Gasteiger partial charge in [-0.3, -0.25) is 0 Å². The number of nitrogens with zero attached hydrogens (tertiary/aromatic N) is 5. The predicted octanol–water partition coefficient (Wildman–Crippen LogP) is 4.20. The number of hydrogen-bond donors (Lipinski definition) is 0. The molecule has 0 N–H and O–H groups in total. The van der Waals surface area contributed by atoms with E-state index >= 15 is 0 Å². The maximum Gasteiger partial charge on any atom is 0.243 e. The van der Waals surface area contributed by atoms with Gasteiger partial charge in [0, 0.05) is 44.8 Å². The predicted molar refractivity (Wildman–Crippen MR) is 137 cm³/mol. The number of anilines is 1. The van der Waals surface area contributed by atoms with Crippen LogP contribution in [0.25, 0.3) is 5.69 Å². The summed E-state index contributed by atoms with van der Waals surface area (Å²) in [4.78, 5) is 4.61. The molecule has 3 aromatic rings. The molecule has 36 heavy (non-hydrogen) atoms. The van der Waals surface area contributed by atoms with E-state index in [0.29, 0.717) is 24.3 Å². The van der Waals surface area contributed by atoms with Gasteiger partial charge in [0.15, 0.2) is 0 Å². The van der Waals surface area contributed by atoms with Gasteiger partial charge in [-0.15, -0.1) is 0 Å². The topological polar surface area (TPSA) is 61.7 Å². The number of likely N-dealkylation sites (N-methyl/N-ethyl adjacent to an activating group) is 1. The molecule has 0 bridgehead atoms. The lowest BCUT2D eigenvalue weighted by Crippen LogP contribution is -2.47. The first kappa shape index (κ1) is 26.2. The molecule has 10 heteroatoms. The van der Waals surface area contributed by atoms with E-state index in [0.717, 1.165) is 56.2 Å². The Morgan fingerprint density at radius 1 is 0.972 bits per heavy atom. The highest BCUT2D eigenvalue weighted by atomic mass is 32.2. The van der Waals surface area contributed by atoms with E-state index in [1.807, 2.05) is 13.8 Å². The van der Waals surface area contributed by atoms with E-state index in [-0.39, 0.29) is 17.3 Å². The summed E-state index contributed by atoms with van der Waals surface area (Å²) in [7, 11) is -3.87. The van der Waals surface area contributed by atoms with E-state index in [1.54, 1.807) is 16.8 Å². The van der Waals surface area contributed by atoms with Gasteiger partial charge in [-0.05, 0) is 62.4 Å². The van der Waals surface area contributed by atoms with Crippen molar-refractivity contribution in [3.05, 3.63) is 71.4 Å². The van der Waals surface area contributed by atoms with Crippen LogP contribution in [0.15, 0.2) is 53.4 Å². The first-order valence-electron chi connectivity index (χ1n) is 12.3. The molecule has 0 unspecified atom stereocenters. The van der Waals surface area contributed by atoms with E-state index in [2.05, 4.69) is 16.7 Å². The molecule has 1 aliphatic rings. The van der Waals surface area contributed by atoms with Crippen LogP contribution in [0.3, 0.4) is 0 Å². The van der Waals surface area contributed by atoms with Crippen molar-refractivity contribution >= 4 is 15.8 Å². The van der Waals surface area contributed by atoms with Crippen molar-refractivity contribution in [3.8, 4) is 5.69 Å². The fraction of sp³-hybridized carbons (Fsp3) is 0.423. The van der Waals surface area contributed by atoms with E-state index in [1.165, 1.54) is 28.6 Å². The number of piperazine rings is 1. The lowest BCUT2D eigenvalue weighted by atomic mass is 10.2. The van der Waals surface area contributed by atoms with E-state index < -0.39 is 15.8 Å². The molecule has 4 rings (SSSR count). The lowest BCUT2D eigenvalue weighted by molar-refractivity contribution is 0.269. The van der Waals surface area contributed by atoms with Crippen LogP contribution in [-0.2, 0) is 16.6 Å². The monoisotopic (exact) mass is 517 g/mol. The van der Waals surface area contributed by atoms with Crippen LogP contribution in [0.5, 0.6) is 0 Å². The van der Waals surface area contributed by atoms with Crippen LogP contribution in [-0.4, -0.2) is 66.7 Å². The molecular formula is C26H33F2N5O2S. The average molecular weight is 518 g/mol. The van der Waals surface area contributed by atoms with Gasteiger partial charge in [0.1, 0.15) is 17.5 Å². The summed E-state index contributed by atoms with van der Waals surface area (Å²) < 4.78 is 57.9. The third-order valence-corrected chi connectivity index (χ3v) is 8.45. The Labute approximate surface area is 212 Å². The van der Waals surface area contributed by atoms with Crippen molar-refractivity contribution in [2.24, 2.45) is 0 Å². The molecule has 0 amide bonds. The van der Waals surface area contributed by atoms with Crippen LogP contribution >= 0.6 is 0 Å². The van der Waals surface area contributed by atoms with Crippen molar-refractivity contribution in [1.82, 2.24) is 19.0 Å². The minimum atomic E-state index is -3.87. The minimum Gasteiger partial charge on any atom is -0.354 e. The van der Waals surface area contributed by atoms with Crippen LogP contribution in [0.2, 0.25) is 0 Å².